The van der Waals surface area contributed by atoms with E-state index in [0.29, 0.717) is 17.9 Å². The summed E-state index contributed by atoms with van der Waals surface area (Å²) in [6.07, 6.45) is 3.27. The van der Waals surface area contributed by atoms with Crippen LogP contribution in [0.25, 0.3) is 5.65 Å². The molecule has 2 heterocycles. The number of rotatable bonds is 5. The van der Waals surface area contributed by atoms with E-state index in [1.807, 2.05) is 31.3 Å². The molecule has 1 atom stereocenters. The van der Waals surface area contributed by atoms with Gasteiger partial charge in [0.05, 0.1) is 11.6 Å². The number of benzene rings is 1. The van der Waals surface area contributed by atoms with Gasteiger partial charge in [-0.2, -0.15) is 0 Å². The van der Waals surface area contributed by atoms with Crippen LogP contribution in [0.15, 0.2) is 42.6 Å². The maximum atomic E-state index is 13.9. The number of nitrogens with zero attached hydrogens (tertiary/aromatic N) is 3. The van der Waals surface area contributed by atoms with E-state index in [9.17, 15) is 14.3 Å². The van der Waals surface area contributed by atoms with Crippen molar-refractivity contribution in [2.75, 3.05) is 0 Å². The van der Waals surface area contributed by atoms with Gasteiger partial charge in [-0.15, -0.1) is 10.2 Å². The molecule has 0 spiro atoms. The molecule has 0 radical (unpaired) electrons. The number of aromatic nitrogens is 3. The van der Waals surface area contributed by atoms with Gasteiger partial charge in [0.15, 0.2) is 11.5 Å². The van der Waals surface area contributed by atoms with Crippen molar-refractivity contribution in [1.82, 2.24) is 19.9 Å². The molecule has 0 saturated heterocycles. The number of aromatic hydroxyl groups is 1. The molecule has 0 aliphatic rings. The zero-order valence-electron chi connectivity index (χ0n) is 13.1. The Labute approximate surface area is 138 Å². The highest BCUT2D eigenvalue weighted by Crippen LogP contribution is 2.20. The quantitative estimate of drug-likeness (QED) is 0.755. The van der Waals surface area contributed by atoms with E-state index in [-0.39, 0.29) is 11.3 Å². The van der Waals surface area contributed by atoms with Gasteiger partial charge in [0.2, 0.25) is 0 Å². The number of pyridine rings is 1. The van der Waals surface area contributed by atoms with Gasteiger partial charge in [-0.25, -0.2) is 4.39 Å². The lowest BCUT2D eigenvalue weighted by molar-refractivity contribution is 0.0928. The number of nitrogens with one attached hydrogen (secondary N) is 1. The monoisotopic (exact) mass is 328 g/mol. The van der Waals surface area contributed by atoms with Crippen LogP contribution in [0.4, 0.5) is 4.39 Å². The summed E-state index contributed by atoms with van der Waals surface area (Å²) in [6.45, 7) is 1.99. The van der Waals surface area contributed by atoms with E-state index in [1.54, 1.807) is 4.40 Å². The van der Waals surface area contributed by atoms with Crippen LogP contribution in [0.5, 0.6) is 5.75 Å². The summed E-state index contributed by atoms with van der Waals surface area (Å²) in [5.74, 6) is -0.954. The van der Waals surface area contributed by atoms with E-state index >= 15 is 0 Å². The highest BCUT2D eigenvalue weighted by molar-refractivity contribution is 5.94. The zero-order valence-corrected chi connectivity index (χ0v) is 13.1. The molecule has 2 aromatic heterocycles. The highest BCUT2D eigenvalue weighted by atomic mass is 19.1. The topological polar surface area (TPSA) is 79.5 Å². The molecule has 0 fully saturated rings. The maximum Gasteiger partial charge on any atom is 0.254 e. The first-order valence-corrected chi connectivity index (χ1v) is 7.69. The average molecular weight is 328 g/mol. The number of fused-ring (bicyclic) bond motifs is 1. The minimum absolute atomic E-state index is 0.122. The Morgan fingerprint density at radius 1 is 1.33 bits per heavy atom. The molecule has 3 rings (SSSR count). The van der Waals surface area contributed by atoms with E-state index in [0.717, 1.165) is 12.5 Å². The number of amides is 1. The number of hydrogen-bond donors (Lipinski definition) is 2. The van der Waals surface area contributed by atoms with Crippen molar-refractivity contribution >= 4 is 11.6 Å². The van der Waals surface area contributed by atoms with E-state index in [1.165, 1.54) is 12.1 Å². The number of carbonyl (C=O) groups is 1. The molecule has 0 bridgehead atoms. The average Bonchev–Trinajstić information content (AvgIpc) is 2.98. The van der Waals surface area contributed by atoms with Gasteiger partial charge in [-0.1, -0.05) is 19.4 Å². The number of hydrogen-bond acceptors (Lipinski definition) is 4. The van der Waals surface area contributed by atoms with Crippen molar-refractivity contribution in [3.8, 4) is 5.75 Å². The van der Waals surface area contributed by atoms with Gasteiger partial charge in [-0.3, -0.25) is 9.20 Å². The molecule has 0 aliphatic carbocycles. The van der Waals surface area contributed by atoms with E-state index in [4.69, 9.17) is 0 Å². The minimum Gasteiger partial charge on any atom is -0.508 e. The van der Waals surface area contributed by atoms with Crippen LogP contribution >= 0.6 is 0 Å². The molecule has 7 heteroatoms. The second-order valence-electron chi connectivity index (χ2n) is 5.47. The van der Waals surface area contributed by atoms with E-state index < -0.39 is 17.8 Å². The van der Waals surface area contributed by atoms with Crippen LogP contribution in [-0.4, -0.2) is 25.6 Å². The fraction of sp³-hybridized carbons (Fsp3) is 0.235. The Hall–Kier alpha value is -2.96. The van der Waals surface area contributed by atoms with Crippen molar-refractivity contribution in [2.24, 2.45) is 0 Å². The van der Waals surface area contributed by atoms with Crippen molar-refractivity contribution in [3.63, 3.8) is 0 Å². The van der Waals surface area contributed by atoms with Crippen LogP contribution in [0, 0.1) is 5.82 Å². The van der Waals surface area contributed by atoms with Crippen molar-refractivity contribution < 1.29 is 14.3 Å². The summed E-state index contributed by atoms with van der Waals surface area (Å²) in [6, 6.07) is 8.58. The summed E-state index contributed by atoms with van der Waals surface area (Å²) in [4.78, 5) is 12.4. The zero-order chi connectivity index (χ0) is 17.1. The lowest BCUT2D eigenvalue weighted by Crippen LogP contribution is -2.30. The molecule has 6 nitrogen and oxygen atoms in total. The SMILES string of the molecule is CCC[C@@H](NC(=O)c1ccc(O)cc1F)c1nnc2ccccn12. The largest absolute Gasteiger partial charge is 0.508 e. The summed E-state index contributed by atoms with van der Waals surface area (Å²) in [5.41, 5.74) is 0.557. The highest BCUT2D eigenvalue weighted by Gasteiger charge is 2.22. The van der Waals surface area contributed by atoms with Gasteiger partial charge in [0.25, 0.3) is 5.91 Å². The number of phenolic OH excluding ortho intramolecular Hbond substituents is 1. The lowest BCUT2D eigenvalue weighted by atomic mass is 10.1. The molecule has 0 unspecified atom stereocenters. The lowest BCUT2D eigenvalue weighted by Gasteiger charge is -2.17. The van der Waals surface area contributed by atoms with E-state index in [2.05, 4.69) is 15.5 Å². The molecule has 0 saturated carbocycles. The third kappa shape index (κ3) is 3.05. The fourth-order valence-corrected chi connectivity index (χ4v) is 2.58. The Morgan fingerprint density at radius 3 is 2.92 bits per heavy atom. The summed E-state index contributed by atoms with van der Waals surface area (Å²) < 4.78 is 15.7. The summed E-state index contributed by atoms with van der Waals surface area (Å²) in [5, 5.41) is 20.3. The van der Waals surface area contributed by atoms with Gasteiger partial charge in [0, 0.05) is 12.3 Å². The Kier molecular flexibility index (Phi) is 4.41. The molecule has 2 N–H and O–H groups in total. The number of halogens is 1. The van der Waals surface area contributed by atoms with Gasteiger partial charge >= 0.3 is 0 Å². The summed E-state index contributed by atoms with van der Waals surface area (Å²) in [7, 11) is 0. The molecule has 1 aromatic carbocycles. The van der Waals surface area contributed by atoms with Gasteiger partial charge in [0.1, 0.15) is 11.6 Å². The van der Waals surface area contributed by atoms with Crippen LogP contribution in [0.3, 0.4) is 0 Å². The van der Waals surface area contributed by atoms with Gasteiger partial charge in [-0.05, 0) is 30.7 Å². The maximum absolute atomic E-state index is 13.9. The van der Waals surface area contributed by atoms with Crippen LogP contribution in [-0.2, 0) is 0 Å². The standard InChI is InChI=1S/C17H17FN4O2/c1-2-5-14(16-21-20-15-6-3-4-9-22(15)16)19-17(24)12-8-7-11(23)10-13(12)18/h3-4,6-10,14,23H,2,5H2,1H3,(H,19,24)/t14-/m1/s1. The van der Waals surface area contributed by atoms with Gasteiger partial charge < -0.3 is 10.4 Å². The van der Waals surface area contributed by atoms with Crippen molar-refractivity contribution in [2.45, 2.75) is 25.8 Å². The smallest absolute Gasteiger partial charge is 0.254 e. The second kappa shape index (κ2) is 6.66. The Bertz CT molecular complexity index is 878. The Morgan fingerprint density at radius 2 is 2.17 bits per heavy atom. The third-order valence-corrected chi connectivity index (χ3v) is 3.73. The Balaban J connectivity index is 1.90. The first-order chi connectivity index (χ1) is 11.6. The second-order valence-corrected chi connectivity index (χ2v) is 5.47. The molecule has 124 valence electrons. The van der Waals surface area contributed by atoms with Crippen LogP contribution in [0.2, 0.25) is 0 Å². The molecule has 1 amide bonds. The van der Waals surface area contributed by atoms with Crippen LogP contribution < -0.4 is 5.32 Å². The first kappa shape index (κ1) is 15.9. The summed E-state index contributed by atoms with van der Waals surface area (Å²) >= 11 is 0. The fourth-order valence-electron chi connectivity index (χ4n) is 2.58. The third-order valence-electron chi connectivity index (χ3n) is 3.73. The number of phenols is 1. The molecule has 24 heavy (non-hydrogen) atoms. The molecular weight excluding hydrogens is 311 g/mol. The van der Waals surface area contributed by atoms with Crippen molar-refractivity contribution in [3.05, 3.63) is 59.8 Å². The molecule has 3 aromatic rings. The first-order valence-electron chi connectivity index (χ1n) is 7.69. The van der Waals surface area contributed by atoms with Crippen LogP contribution in [0.1, 0.15) is 42.0 Å². The normalized spacial score (nSPS) is 12.2. The van der Waals surface area contributed by atoms with Crippen molar-refractivity contribution in [1.29, 1.82) is 0 Å². The molecular formula is C17H17FN4O2. The number of carbonyl (C=O) groups excluding carboxylic acids is 1. The molecule has 0 aliphatic heterocycles. The predicted molar refractivity (Wildman–Crippen MR) is 86.2 cm³/mol. The predicted octanol–water partition coefficient (Wildman–Crippen LogP) is 2.85. The minimum atomic E-state index is -0.770.